The number of anilines is 1. The lowest BCUT2D eigenvalue weighted by Crippen LogP contribution is -2.44. The van der Waals surface area contributed by atoms with Crippen molar-refractivity contribution in [3.05, 3.63) is 199 Å². The van der Waals surface area contributed by atoms with Crippen LogP contribution in [-0.4, -0.2) is 27.4 Å². The number of fused-ring (bicyclic) bond motifs is 10. The van der Waals surface area contributed by atoms with Gasteiger partial charge < -0.3 is 19.4 Å². The summed E-state index contributed by atoms with van der Waals surface area (Å²) >= 11 is 0. The maximum absolute atomic E-state index is 5.03. The molecule has 0 spiro atoms. The molecule has 2 aliphatic heterocycles. The fourth-order valence-corrected chi connectivity index (χ4v) is 8.89. The molecule has 252 valence electrons. The number of nitrogens with zero attached hydrogens (tertiary/aromatic N) is 4. The van der Waals surface area contributed by atoms with Gasteiger partial charge in [0.2, 0.25) is 0 Å². The number of hydrogen-bond acceptors (Lipinski definition) is 3. The molecule has 0 bridgehead atoms. The number of allylic oxidation sites excluding steroid dienone is 2. The van der Waals surface area contributed by atoms with Gasteiger partial charge in [0.05, 0.1) is 46.7 Å². The Morgan fingerprint density at radius 2 is 1.25 bits per heavy atom. The molecule has 11 rings (SSSR count). The predicted molar refractivity (Wildman–Crippen MR) is 219 cm³/mol. The number of nitrogens with one attached hydrogen (secondary N) is 1. The van der Waals surface area contributed by atoms with E-state index in [1.165, 1.54) is 55.2 Å². The lowest BCUT2D eigenvalue weighted by atomic mass is 9.88. The number of hydrogen-bond donors (Lipinski definition) is 1. The molecule has 2 unspecified atom stereocenters. The van der Waals surface area contributed by atoms with Crippen molar-refractivity contribution in [2.75, 3.05) is 11.4 Å². The van der Waals surface area contributed by atoms with E-state index in [4.69, 9.17) is 4.99 Å². The molecule has 0 saturated carbocycles. The molecule has 5 nitrogen and oxygen atoms in total. The van der Waals surface area contributed by atoms with Crippen molar-refractivity contribution in [2.24, 2.45) is 4.99 Å². The predicted octanol–water partition coefficient (Wildman–Crippen LogP) is 10.7. The zero-order valence-electron chi connectivity index (χ0n) is 29.0. The normalized spacial score (nSPS) is 17.5. The van der Waals surface area contributed by atoms with Crippen LogP contribution in [0, 0.1) is 0 Å². The first-order chi connectivity index (χ1) is 26.3. The Balaban J connectivity index is 1.16. The molecule has 1 N–H and O–H groups in total. The van der Waals surface area contributed by atoms with E-state index >= 15 is 0 Å². The number of benzene rings is 6. The van der Waals surface area contributed by atoms with E-state index in [-0.39, 0.29) is 12.0 Å². The molecule has 2 atom stereocenters. The van der Waals surface area contributed by atoms with Crippen molar-refractivity contribution in [2.45, 2.75) is 12.0 Å². The van der Waals surface area contributed by atoms with Crippen LogP contribution in [0.4, 0.5) is 5.69 Å². The molecule has 2 aromatic heterocycles. The summed E-state index contributed by atoms with van der Waals surface area (Å²) in [6, 6.07) is 54.8. The van der Waals surface area contributed by atoms with Crippen molar-refractivity contribution in [1.29, 1.82) is 0 Å². The SMILES string of the molecule is C1=CC2c3c(c4ccccc4n3-c3ccc4c5ccccc5n(-c5ccccc5)c4c3)-c3ccccc3N(C3=CN=C(c4ccccc4)CN3)C2C=C1. The molecular formula is C48H35N5. The molecule has 53 heavy (non-hydrogen) atoms. The lowest BCUT2D eigenvalue weighted by Gasteiger charge is -2.38. The molecule has 0 radical (unpaired) electrons. The van der Waals surface area contributed by atoms with Gasteiger partial charge in [-0.1, -0.05) is 133 Å². The van der Waals surface area contributed by atoms with Crippen LogP contribution in [0.1, 0.15) is 17.2 Å². The number of rotatable bonds is 4. The van der Waals surface area contributed by atoms with Crippen LogP contribution in [-0.2, 0) is 0 Å². The summed E-state index contributed by atoms with van der Waals surface area (Å²) in [5.41, 5.74) is 13.0. The molecule has 3 aliphatic rings. The highest BCUT2D eigenvalue weighted by Gasteiger charge is 2.39. The Morgan fingerprint density at radius 1 is 0.566 bits per heavy atom. The van der Waals surface area contributed by atoms with Crippen LogP contribution in [0.25, 0.3) is 55.2 Å². The summed E-state index contributed by atoms with van der Waals surface area (Å²) in [4.78, 5) is 7.50. The van der Waals surface area contributed by atoms with Gasteiger partial charge in [0.15, 0.2) is 0 Å². The van der Waals surface area contributed by atoms with E-state index in [1.54, 1.807) is 0 Å². The second-order valence-corrected chi connectivity index (χ2v) is 14.0. The van der Waals surface area contributed by atoms with Gasteiger partial charge in [-0.15, -0.1) is 0 Å². The van der Waals surface area contributed by atoms with E-state index in [0.29, 0.717) is 6.54 Å². The molecule has 1 aliphatic carbocycles. The number of aliphatic imine (C=N–C) groups is 1. The van der Waals surface area contributed by atoms with Crippen LogP contribution in [0.5, 0.6) is 0 Å². The third kappa shape index (κ3) is 4.54. The van der Waals surface area contributed by atoms with Crippen LogP contribution in [0.2, 0.25) is 0 Å². The van der Waals surface area contributed by atoms with Crippen molar-refractivity contribution in [3.8, 4) is 22.5 Å². The largest absolute Gasteiger partial charge is 0.364 e. The van der Waals surface area contributed by atoms with Crippen molar-refractivity contribution in [3.63, 3.8) is 0 Å². The standard InChI is InChI=1S/C48H35N5/c1-3-15-32(16-4-1)40-30-50-46(31-49-40)53-43-25-13-9-21-38(43)47-37-20-8-12-24-42(37)52(48(47)39-22-10-14-26-44(39)53)34-27-28-36-35-19-7-11-23-41(35)51(45(36)29-34)33-17-5-2-6-18-33/h1-29,31,39,44,50H,30H2. The summed E-state index contributed by atoms with van der Waals surface area (Å²) in [5, 5.41) is 7.53. The minimum atomic E-state index is 0.0113. The zero-order valence-corrected chi connectivity index (χ0v) is 29.0. The van der Waals surface area contributed by atoms with Gasteiger partial charge >= 0.3 is 0 Å². The van der Waals surface area contributed by atoms with Crippen molar-refractivity contribution >= 4 is 44.1 Å². The van der Waals surface area contributed by atoms with Gasteiger partial charge in [-0.3, -0.25) is 4.99 Å². The first-order valence-corrected chi connectivity index (χ1v) is 18.4. The van der Waals surface area contributed by atoms with Crippen molar-refractivity contribution < 1.29 is 0 Å². The molecule has 8 aromatic rings. The van der Waals surface area contributed by atoms with E-state index in [0.717, 1.165) is 28.5 Å². The third-order valence-electron chi connectivity index (χ3n) is 11.1. The second kappa shape index (κ2) is 11.9. The quantitative estimate of drug-likeness (QED) is 0.201. The molecule has 4 heterocycles. The van der Waals surface area contributed by atoms with Crippen molar-refractivity contribution in [1.82, 2.24) is 14.5 Å². The monoisotopic (exact) mass is 681 g/mol. The molecular weight excluding hydrogens is 647 g/mol. The third-order valence-corrected chi connectivity index (χ3v) is 11.1. The first kappa shape index (κ1) is 29.8. The van der Waals surface area contributed by atoms with Gasteiger partial charge in [0, 0.05) is 50.3 Å². The number of aromatic nitrogens is 2. The Kier molecular flexibility index (Phi) is 6.68. The van der Waals surface area contributed by atoms with Gasteiger partial charge in [-0.2, -0.15) is 0 Å². The summed E-state index contributed by atoms with van der Waals surface area (Å²) in [6.45, 7) is 0.656. The van der Waals surface area contributed by atoms with Crippen LogP contribution >= 0.6 is 0 Å². The highest BCUT2D eigenvalue weighted by molar-refractivity contribution is 6.10. The Hall–Kier alpha value is -6.85. The average molecular weight is 682 g/mol. The fraction of sp³-hybridized carbons (Fsp3) is 0.0625. The molecule has 5 heteroatoms. The van der Waals surface area contributed by atoms with Gasteiger partial charge in [0.1, 0.15) is 5.82 Å². The molecule has 0 fully saturated rings. The van der Waals surface area contributed by atoms with Crippen LogP contribution in [0.3, 0.4) is 0 Å². The molecule has 0 saturated heterocycles. The van der Waals surface area contributed by atoms with Crippen LogP contribution in [0.15, 0.2) is 193 Å². The van der Waals surface area contributed by atoms with Gasteiger partial charge in [-0.25, -0.2) is 0 Å². The average Bonchev–Trinajstić information content (AvgIpc) is 3.71. The van der Waals surface area contributed by atoms with E-state index in [1.807, 2.05) is 12.3 Å². The maximum atomic E-state index is 5.03. The minimum Gasteiger partial charge on any atom is -0.364 e. The highest BCUT2D eigenvalue weighted by Crippen LogP contribution is 2.51. The summed E-state index contributed by atoms with van der Waals surface area (Å²) in [5.74, 6) is 1.05. The topological polar surface area (TPSA) is 37.5 Å². The Labute approximate surface area is 307 Å². The summed E-state index contributed by atoms with van der Waals surface area (Å²) < 4.78 is 4.94. The molecule has 0 amide bonds. The summed E-state index contributed by atoms with van der Waals surface area (Å²) in [6.07, 6.45) is 11.2. The zero-order chi connectivity index (χ0) is 34.9. The fourth-order valence-electron chi connectivity index (χ4n) is 8.89. The van der Waals surface area contributed by atoms with Gasteiger partial charge in [-0.05, 0) is 48.0 Å². The maximum Gasteiger partial charge on any atom is 0.126 e. The van der Waals surface area contributed by atoms with Gasteiger partial charge in [0.25, 0.3) is 0 Å². The first-order valence-electron chi connectivity index (χ1n) is 18.4. The van der Waals surface area contributed by atoms with E-state index in [2.05, 4.69) is 189 Å². The molecule has 6 aromatic carbocycles. The highest BCUT2D eigenvalue weighted by atomic mass is 15.3. The minimum absolute atomic E-state index is 0.0113. The smallest absolute Gasteiger partial charge is 0.126 e. The Bertz CT molecular complexity index is 2850. The van der Waals surface area contributed by atoms with E-state index < -0.39 is 0 Å². The lowest BCUT2D eigenvalue weighted by molar-refractivity contribution is 0.629. The van der Waals surface area contributed by atoms with Crippen LogP contribution < -0.4 is 10.2 Å². The van der Waals surface area contributed by atoms with E-state index in [9.17, 15) is 0 Å². The second-order valence-electron chi connectivity index (χ2n) is 14.0. The Morgan fingerprint density at radius 3 is 2.06 bits per heavy atom. The summed E-state index contributed by atoms with van der Waals surface area (Å²) in [7, 11) is 0. The number of para-hydroxylation sites is 4.